The zero-order valence-corrected chi connectivity index (χ0v) is 16.2. The van der Waals surface area contributed by atoms with Gasteiger partial charge >= 0.3 is 0 Å². The molecular formula is C22H27NO5. The molecule has 6 heteroatoms. The van der Waals surface area contributed by atoms with Crippen molar-refractivity contribution < 1.29 is 19.5 Å². The fourth-order valence-electron chi connectivity index (χ4n) is 2.63. The van der Waals surface area contributed by atoms with Gasteiger partial charge in [0.2, 0.25) is 0 Å². The molecule has 28 heavy (non-hydrogen) atoms. The van der Waals surface area contributed by atoms with Gasteiger partial charge < -0.3 is 14.6 Å². The molecule has 1 N–H and O–H groups in total. The molecule has 0 heterocycles. The molecule has 2 aromatic rings. The molecule has 0 fully saturated rings. The van der Waals surface area contributed by atoms with Crippen LogP contribution in [0.25, 0.3) is 12.2 Å². The van der Waals surface area contributed by atoms with Gasteiger partial charge in [-0.15, -0.1) is 0 Å². The molecule has 0 bridgehead atoms. The van der Waals surface area contributed by atoms with Crippen LogP contribution in [0.5, 0.6) is 11.5 Å². The second-order valence-electron chi connectivity index (χ2n) is 6.37. The number of aliphatic hydroxyl groups excluding tert-OH is 1. The molecular weight excluding hydrogens is 358 g/mol. The van der Waals surface area contributed by atoms with Crippen molar-refractivity contribution in [3.63, 3.8) is 0 Å². The fraction of sp³-hybridized carbons (Fsp3) is 0.364. The van der Waals surface area contributed by atoms with Crippen molar-refractivity contribution >= 4 is 17.8 Å². The van der Waals surface area contributed by atoms with Gasteiger partial charge in [-0.25, -0.2) is 0 Å². The topological polar surface area (TPSA) is 81.8 Å². The number of nitro benzene ring substituents is 1. The van der Waals surface area contributed by atoms with E-state index in [0.717, 1.165) is 24.0 Å². The van der Waals surface area contributed by atoms with Gasteiger partial charge in [-0.2, -0.15) is 0 Å². The summed E-state index contributed by atoms with van der Waals surface area (Å²) in [5, 5.41) is 19.7. The fourth-order valence-corrected chi connectivity index (χ4v) is 2.63. The van der Waals surface area contributed by atoms with Crippen LogP contribution in [0.4, 0.5) is 5.69 Å². The van der Waals surface area contributed by atoms with E-state index in [0.29, 0.717) is 18.1 Å². The summed E-state index contributed by atoms with van der Waals surface area (Å²) < 4.78 is 11.5. The molecule has 0 saturated carbocycles. The van der Waals surface area contributed by atoms with Crippen LogP contribution < -0.4 is 9.47 Å². The van der Waals surface area contributed by atoms with Gasteiger partial charge in [-0.3, -0.25) is 10.1 Å². The molecule has 0 aliphatic heterocycles. The molecule has 0 spiro atoms. The van der Waals surface area contributed by atoms with Crippen LogP contribution in [-0.4, -0.2) is 29.9 Å². The molecule has 0 saturated heterocycles. The van der Waals surface area contributed by atoms with Crippen molar-refractivity contribution in [1.82, 2.24) is 0 Å². The van der Waals surface area contributed by atoms with Crippen LogP contribution >= 0.6 is 0 Å². The lowest BCUT2D eigenvalue weighted by Gasteiger charge is -2.13. The first-order valence-corrected chi connectivity index (χ1v) is 9.57. The number of nitro groups is 1. The Kier molecular flexibility index (Phi) is 9.01. The van der Waals surface area contributed by atoms with E-state index in [2.05, 4.69) is 6.92 Å². The first-order chi connectivity index (χ1) is 13.6. The number of rotatable bonds is 12. The van der Waals surface area contributed by atoms with Crippen molar-refractivity contribution in [1.29, 1.82) is 0 Å². The van der Waals surface area contributed by atoms with Crippen LogP contribution in [0, 0.1) is 10.1 Å². The van der Waals surface area contributed by atoms with E-state index >= 15 is 0 Å². The monoisotopic (exact) mass is 385 g/mol. The third kappa shape index (κ3) is 7.04. The summed E-state index contributed by atoms with van der Waals surface area (Å²) in [5.41, 5.74) is 1.87. The third-order valence-corrected chi connectivity index (χ3v) is 4.14. The third-order valence-electron chi connectivity index (χ3n) is 4.14. The van der Waals surface area contributed by atoms with E-state index in [4.69, 9.17) is 14.6 Å². The van der Waals surface area contributed by atoms with Crippen molar-refractivity contribution in [2.75, 3.05) is 19.8 Å². The molecule has 0 aliphatic rings. The number of hydrogen-bond acceptors (Lipinski definition) is 5. The number of nitrogens with zero attached hydrogens (tertiary/aromatic N) is 1. The second-order valence-corrected chi connectivity index (χ2v) is 6.37. The van der Waals surface area contributed by atoms with Gasteiger partial charge in [0, 0.05) is 12.1 Å². The highest BCUT2D eigenvalue weighted by Crippen LogP contribution is 2.29. The summed E-state index contributed by atoms with van der Waals surface area (Å²) in [6, 6.07) is 12.0. The Morgan fingerprint density at radius 2 is 1.61 bits per heavy atom. The minimum absolute atomic E-state index is 0.0578. The molecule has 6 nitrogen and oxygen atoms in total. The van der Waals surface area contributed by atoms with Crippen molar-refractivity contribution in [3.05, 3.63) is 63.7 Å². The Balaban J connectivity index is 2.08. The highest BCUT2D eigenvalue weighted by Gasteiger charge is 2.07. The van der Waals surface area contributed by atoms with Gasteiger partial charge in [0.25, 0.3) is 5.69 Å². The van der Waals surface area contributed by atoms with E-state index < -0.39 is 4.92 Å². The van der Waals surface area contributed by atoms with Crippen LogP contribution in [0.2, 0.25) is 0 Å². The zero-order valence-electron chi connectivity index (χ0n) is 16.2. The standard InChI is InChI=1S/C22H27NO5/c1-2-3-4-5-15-27-22-17-19(10-13-21(22)28-16-14-24)7-6-18-8-11-20(12-9-18)23(25)26/h6-13,17,24H,2-5,14-16H2,1H3/b7-6+. The minimum Gasteiger partial charge on any atom is -0.490 e. The smallest absolute Gasteiger partial charge is 0.269 e. The molecule has 0 atom stereocenters. The maximum Gasteiger partial charge on any atom is 0.269 e. The van der Waals surface area contributed by atoms with Crippen LogP contribution in [0.1, 0.15) is 43.7 Å². The largest absolute Gasteiger partial charge is 0.490 e. The van der Waals surface area contributed by atoms with E-state index in [1.807, 2.05) is 30.4 Å². The zero-order chi connectivity index (χ0) is 20.2. The summed E-state index contributed by atoms with van der Waals surface area (Å²) in [6.45, 7) is 2.94. The number of benzene rings is 2. The first-order valence-electron chi connectivity index (χ1n) is 9.57. The SMILES string of the molecule is CCCCCCOc1cc(/C=C/c2ccc([N+](=O)[O-])cc2)ccc1OCCO. The molecule has 2 rings (SSSR count). The Morgan fingerprint density at radius 1 is 0.929 bits per heavy atom. The van der Waals surface area contributed by atoms with E-state index in [1.54, 1.807) is 12.1 Å². The average Bonchev–Trinajstić information content (AvgIpc) is 2.71. The van der Waals surface area contributed by atoms with E-state index in [1.165, 1.54) is 25.0 Å². The molecule has 0 aromatic heterocycles. The van der Waals surface area contributed by atoms with Crippen molar-refractivity contribution in [3.8, 4) is 11.5 Å². The highest BCUT2D eigenvalue weighted by molar-refractivity contribution is 5.71. The second kappa shape index (κ2) is 11.8. The summed E-state index contributed by atoms with van der Waals surface area (Å²) in [4.78, 5) is 10.3. The first kappa shape index (κ1) is 21.4. The number of aliphatic hydroxyl groups is 1. The number of non-ortho nitro benzene ring substituents is 1. The lowest BCUT2D eigenvalue weighted by molar-refractivity contribution is -0.384. The lowest BCUT2D eigenvalue weighted by atomic mass is 10.1. The number of ether oxygens (including phenoxy) is 2. The lowest BCUT2D eigenvalue weighted by Crippen LogP contribution is -2.05. The quantitative estimate of drug-likeness (QED) is 0.238. The van der Waals surface area contributed by atoms with Crippen LogP contribution in [-0.2, 0) is 0 Å². The number of hydrogen-bond donors (Lipinski definition) is 1. The maximum absolute atomic E-state index is 10.7. The van der Waals surface area contributed by atoms with Gasteiger partial charge in [0.05, 0.1) is 18.1 Å². The van der Waals surface area contributed by atoms with Crippen molar-refractivity contribution in [2.45, 2.75) is 32.6 Å². The highest BCUT2D eigenvalue weighted by atomic mass is 16.6. The van der Waals surface area contributed by atoms with E-state index in [9.17, 15) is 10.1 Å². The van der Waals surface area contributed by atoms with Gasteiger partial charge in [-0.1, -0.05) is 44.4 Å². The predicted molar refractivity (Wildman–Crippen MR) is 111 cm³/mol. The van der Waals surface area contributed by atoms with Gasteiger partial charge in [-0.05, 0) is 41.8 Å². The van der Waals surface area contributed by atoms with Gasteiger partial charge in [0.1, 0.15) is 6.61 Å². The summed E-state index contributed by atoms with van der Waals surface area (Å²) in [5.74, 6) is 1.26. The van der Waals surface area contributed by atoms with Crippen LogP contribution in [0.3, 0.4) is 0 Å². The molecule has 0 radical (unpaired) electrons. The van der Waals surface area contributed by atoms with Crippen LogP contribution in [0.15, 0.2) is 42.5 Å². The average molecular weight is 385 g/mol. The van der Waals surface area contributed by atoms with Crippen molar-refractivity contribution in [2.24, 2.45) is 0 Å². The Morgan fingerprint density at radius 3 is 2.29 bits per heavy atom. The minimum atomic E-state index is -0.414. The maximum atomic E-state index is 10.7. The summed E-state index contributed by atoms with van der Waals surface area (Å²) in [6.07, 6.45) is 8.28. The molecule has 0 aliphatic carbocycles. The predicted octanol–water partition coefficient (Wildman–Crippen LogP) is 5.10. The molecule has 2 aromatic carbocycles. The Hall–Kier alpha value is -2.86. The van der Waals surface area contributed by atoms with E-state index in [-0.39, 0.29) is 18.9 Å². The Labute approximate surface area is 165 Å². The normalized spacial score (nSPS) is 10.9. The number of unbranched alkanes of at least 4 members (excludes halogenated alkanes) is 3. The summed E-state index contributed by atoms with van der Waals surface area (Å²) >= 11 is 0. The molecule has 0 amide bonds. The molecule has 0 unspecified atom stereocenters. The van der Waals surface area contributed by atoms with Gasteiger partial charge in [0.15, 0.2) is 11.5 Å². The summed E-state index contributed by atoms with van der Waals surface area (Å²) in [7, 11) is 0. The Bertz CT molecular complexity index is 771. The molecule has 150 valence electrons.